The molecule has 2 aromatic carbocycles. The molecule has 0 aromatic heterocycles. The molecule has 3 aliphatic carbocycles. The van der Waals surface area contributed by atoms with Gasteiger partial charge in [-0.1, -0.05) is 102 Å². The third kappa shape index (κ3) is 14.2. The van der Waals surface area contributed by atoms with E-state index in [1.165, 1.54) is 18.6 Å². The monoisotopic (exact) mass is 901 g/mol. The summed E-state index contributed by atoms with van der Waals surface area (Å²) < 4.78 is 24.1. The molecule has 16 nitrogen and oxygen atoms in total. The van der Waals surface area contributed by atoms with Crippen LogP contribution in [0.4, 0.5) is 9.59 Å². The summed E-state index contributed by atoms with van der Waals surface area (Å²) in [6, 6.07) is 19.2. The zero-order valence-corrected chi connectivity index (χ0v) is 38.4. The zero-order chi connectivity index (χ0) is 47.5. The molecule has 0 radical (unpaired) electrons. The molecule has 3 saturated heterocycles. The third-order valence-corrected chi connectivity index (χ3v) is 13.2. The Labute approximate surface area is 384 Å². The van der Waals surface area contributed by atoms with E-state index in [4.69, 9.17) is 28.8 Å². The van der Waals surface area contributed by atoms with Crippen molar-refractivity contribution in [1.29, 1.82) is 0 Å². The van der Waals surface area contributed by atoms with Crippen LogP contribution in [0.2, 0.25) is 6.32 Å². The topological polar surface area (TPSA) is 217 Å². The molecule has 19 heteroatoms. The largest absolute Gasteiger partial charge is 0.482 e. The van der Waals surface area contributed by atoms with Crippen LogP contribution >= 0.6 is 0 Å². The van der Waals surface area contributed by atoms with Gasteiger partial charge in [-0.05, 0) is 85.4 Å². The van der Waals surface area contributed by atoms with Crippen molar-refractivity contribution in [2.45, 2.75) is 115 Å². The Balaban J connectivity index is 0.000000223. The van der Waals surface area contributed by atoms with Crippen molar-refractivity contribution in [2.24, 2.45) is 23.2 Å². The Bertz CT molecular complexity index is 1910. The Morgan fingerprint density at radius 1 is 0.831 bits per heavy atom. The van der Waals surface area contributed by atoms with Gasteiger partial charge in [-0.15, -0.1) is 0 Å². The summed E-state index contributed by atoms with van der Waals surface area (Å²) in [5.41, 5.74) is 1.89. The number of likely N-dealkylation sites (tertiary alicyclic amines) is 2. The first-order valence-corrected chi connectivity index (χ1v) is 22.7. The Morgan fingerprint density at radius 2 is 1.34 bits per heavy atom. The summed E-state index contributed by atoms with van der Waals surface area (Å²) in [4.78, 5) is 51.4. The molecule has 0 spiro atoms. The first-order valence-electron chi connectivity index (χ1n) is 22.7. The molecule has 3 saturated carbocycles. The van der Waals surface area contributed by atoms with Gasteiger partial charge < -0.3 is 59.3 Å². The molecule has 8 atom stereocenters. The Kier molecular flexibility index (Phi) is 18.3. The highest BCUT2D eigenvalue weighted by molar-refractivity contribution is 6.48. The molecule has 352 valence electrons. The fourth-order valence-electron chi connectivity index (χ4n) is 9.50. The average molecular weight is 900 g/mol. The van der Waals surface area contributed by atoms with Crippen LogP contribution in [0.5, 0.6) is 0 Å². The Morgan fingerprint density at radius 3 is 1.78 bits per heavy atom. The minimum atomic E-state index is -1.71. The molecule has 8 rings (SSSR count). The van der Waals surface area contributed by atoms with Crippen molar-refractivity contribution in [3.05, 3.63) is 97.1 Å². The van der Waals surface area contributed by atoms with E-state index in [0.29, 0.717) is 69.5 Å². The van der Waals surface area contributed by atoms with Crippen LogP contribution in [0.25, 0.3) is 0 Å². The van der Waals surface area contributed by atoms with E-state index in [9.17, 15) is 29.2 Å². The lowest BCUT2D eigenvalue weighted by molar-refractivity contribution is -0.185. The van der Waals surface area contributed by atoms with Crippen LogP contribution in [0, 0.1) is 23.2 Å². The van der Waals surface area contributed by atoms with E-state index >= 15 is 0 Å². The van der Waals surface area contributed by atoms with E-state index in [1.54, 1.807) is 9.80 Å². The standard InChI is InChI=1S/C26H35BN2O5.C16H21BN2O5.C4H11BO2/c1-5-22(30)29-12-11-19(16-29)32-24(31)28-21(13-17-9-7-6-8-10-17)27-33-23-20-14-18(25(20,2)3)15-26(23,4)34-27;1-2-15(20)19-9-8-13(11-19)24-16(21)18-14(17(22)23)10-12-6-4-3-5-7-12;1-4(2)3-5(6)7/h5-10,18-21,23H,1,11-16H2,2-4H3,(H,28,31);2-7,13-14,22-23H,1,8-11H2,(H,18,21);4,6-7H,3H2,1-2H3/t18-,19+,20+,21-,23-,26+;13-,14+;/m01./s1. The van der Waals surface area contributed by atoms with Crippen molar-refractivity contribution >= 4 is 45.4 Å². The number of carbonyl (C=O) groups is 4. The minimum Gasteiger partial charge on any atom is -0.444 e. The van der Waals surface area contributed by atoms with Crippen molar-refractivity contribution in [2.75, 3.05) is 26.2 Å². The van der Waals surface area contributed by atoms with Crippen LogP contribution < -0.4 is 10.6 Å². The van der Waals surface area contributed by atoms with Gasteiger partial charge in [0.15, 0.2) is 0 Å². The number of hydrogen-bond acceptors (Lipinski definition) is 12. The maximum absolute atomic E-state index is 12.9. The van der Waals surface area contributed by atoms with Gasteiger partial charge in [0.2, 0.25) is 11.8 Å². The molecular formula is C46H67B3N4O12. The quantitative estimate of drug-likeness (QED) is 0.119. The predicted molar refractivity (Wildman–Crippen MR) is 248 cm³/mol. The molecule has 3 aliphatic heterocycles. The number of amides is 4. The predicted octanol–water partition coefficient (Wildman–Crippen LogP) is 3.62. The van der Waals surface area contributed by atoms with Crippen molar-refractivity contribution < 1.29 is 58.1 Å². The number of benzene rings is 2. The van der Waals surface area contributed by atoms with Crippen molar-refractivity contribution in [3.8, 4) is 0 Å². The number of alkyl carbamates (subject to hydrolysis) is 2. The lowest BCUT2D eigenvalue weighted by Crippen LogP contribution is -2.63. The number of ether oxygens (including phenoxy) is 2. The molecule has 2 bridgehead atoms. The van der Waals surface area contributed by atoms with E-state index in [2.05, 4.69) is 44.6 Å². The van der Waals surface area contributed by atoms with Gasteiger partial charge in [-0.2, -0.15) is 0 Å². The van der Waals surface area contributed by atoms with E-state index in [-0.39, 0.29) is 47.4 Å². The molecule has 3 heterocycles. The molecule has 65 heavy (non-hydrogen) atoms. The number of carbonyl (C=O) groups excluding carboxylic acids is 4. The highest BCUT2D eigenvalue weighted by atomic mass is 16.7. The van der Waals surface area contributed by atoms with Crippen LogP contribution in [0.1, 0.15) is 71.4 Å². The second-order valence-electron chi connectivity index (χ2n) is 18.9. The molecule has 6 fully saturated rings. The highest BCUT2D eigenvalue weighted by Crippen LogP contribution is 2.64. The SMILES string of the molecule is C=CC(=O)N1CC[C@@H](OC(=O)N[C@@H](Cc2ccccc2)B(O)O)C1.C=CC(=O)N1CC[C@@H](OC(=O)N[C@@H](Cc2ccccc2)B2O[C@H]3[C@H]4C[C@@H](C[C@@]3(C)O2)C4(C)C)C1.CC(C)CB(O)O. The maximum Gasteiger partial charge on any atom is 0.482 e. The first kappa shape index (κ1) is 51.3. The lowest BCUT2D eigenvalue weighted by atomic mass is 9.45. The fraction of sp³-hybridized carbons (Fsp3) is 0.565. The van der Waals surface area contributed by atoms with Crippen LogP contribution in [-0.4, -0.2) is 137 Å². The summed E-state index contributed by atoms with van der Waals surface area (Å²) in [6.45, 7) is 19.4. The van der Waals surface area contributed by atoms with Gasteiger partial charge in [-0.25, -0.2) is 9.59 Å². The summed E-state index contributed by atoms with van der Waals surface area (Å²) in [7, 11) is -3.37. The molecule has 4 amide bonds. The normalized spacial score (nSPS) is 25.5. The third-order valence-electron chi connectivity index (χ3n) is 13.2. The smallest absolute Gasteiger partial charge is 0.444 e. The van der Waals surface area contributed by atoms with E-state index < -0.39 is 45.6 Å². The summed E-state index contributed by atoms with van der Waals surface area (Å²) >= 11 is 0. The molecule has 6 aliphatic rings. The fourth-order valence-corrected chi connectivity index (χ4v) is 9.50. The van der Waals surface area contributed by atoms with Crippen LogP contribution in [0.3, 0.4) is 0 Å². The molecule has 2 aromatic rings. The molecule has 6 N–H and O–H groups in total. The van der Waals surface area contributed by atoms with Crippen LogP contribution in [0.15, 0.2) is 86.0 Å². The van der Waals surface area contributed by atoms with Gasteiger partial charge in [0, 0.05) is 25.9 Å². The minimum absolute atomic E-state index is 0.0295. The number of rotatable bonds is 14. The summed E-state index contributed by atoms with van der Waals surface area (Å²) in [5.74, 6) is -0.114. The maximum atomic E-state index is 12.9. The number of hydrogen-bond donors (Lipinski definition) is 6. The van der Waals surface area contributed by atoms with E-state index in [1.807, 2.05) is 74.5 Å². The molecule has 0 unspecified atom stereocenters. The Hall–Kier alpha value is -4.65. The van der Waals surface area contributed by atoms with Gasteiger partial charge in [0.25, 0.3) is 0 Å². The van der Waals surface area contributed by atoms with Gasteiger partial charge >= 0.3 is 33.5 Å². The van der Waals surface area contributed by atoms with Crippen molar-refractivity contribution in [1.82, 2.24) is 20.4 Å². The highest BCUT2D eigenvalue weighted by Gasteiger charge is 2.67. The second kappa shape index (κ2) is 23.2. The number of nitrogens with zero attached hydrogens (tertiary/aromatic N) is 2. The van der Waals surface area contributed by atoms with Crippen LogP contribution in [-0.2, 0) is 41.2 Å². The van der Waals surface area contributed by atoms with Gasteiger partial charge in [-0.3, -0.25) is 9.59 Å². The van der Waals surface area contributed by atoms with Crippen molar-refractivity contribution in [3.63, 3.8) is 0 Å². The molecular weight excluding hydrogens is 833 g/mol. The number of nitrogens with one attached hydrogen (secondary N) is 2. The zero-order valence-electron chi connectivity index (χ0n) is 38.4. The van der Waals surface area contributed by atoms with E-state index in [0.717, 1.165) is 17.5 Å². The first-order chi connectivity index (χ1) is 30.8. The van der Waals surface area contributed by atoms with Gasteiger partial charge in [0.1, 0.15) is 12.2 Å². The second-order valence-corrected chi connectivity index (χ2v) is 18.9. The summed E-state index contributed by atoms with van der Waals surface area (Å²) in [5, 5.41) is 41.0. The summed E-state index contributed by atoms with van der Waals surface area (Å²) in [6.07, 6.45) is 5.19. The lowest BCUT2D eigenvalue weighted by Gasteiger charge is -2.63. The van der Waals surface area contributed by atoms with Gasteiger partial charge in [0.05, 0.1) is 36.7 Å². The average Bonchev–Trinajstić information content (AvgIpc) is 4.02.